The Bertz CT molecular complexity index is 131. The highest BCUT2D eigenvalue weighted by molar-refractivity contribution is 4.80. The van der Waals surface area contributed by atoms with Crippen LogP contribution in [0.3, 0.4) is 0 Å². The van der Waals surface area contributed by atoms with Crippen molar-refractivity contribution in [2.24, 2.45) is 0 Å². The van der Waals surface area contributed by atoms with Gasteiger partial charge in [0.2, 0.25) is 0 Å². The van der Waals surface area contributed by atoms with Gasteiger partial charge in [-0.2, -0.15) is 0 Å². The molecular formula is C8H17NO3. The van der Waals surface area contributed by atoms with Crippen molar-refractivity contribution in [3.8, 4) is 0 Å². The Morgan fingerprint density at radius 1 is 1.33 bits per heavy atom. The number of β-amino-alcohol motifs (C(OH)–C–C–N with tert-alkyl or cyclic N) is 1. The smallest absolute Gasteiger partial charge is 0.0587 e. The van der Waals surface area contributed by atoms with E-state index in [0.29, 0.717) is 13.0 Å². The molecule has 1 heterocycles. The third-order valence-corrected chi connectivity index (χ3v) is 2.41. The first kappa shape index (κ1) is 9.92. The average molecular weight is 175 g/mol. The summed E-state index contributed by atoms with van der Waals surface area (Å²) in [7, 11) is 0. The molecule has 0 saturated carbocycles. The van der Waals surface area contributed by atoms with Crippen molar-refractivity contribution < 1.29 is 15.3 Å². The lowest BCUT2D eigenvalue weighted by Gasteiger charge is -2.36. The molecule has 1 rings (SSSR count). The van der Waals surface area contributed by atoms with Crippen molar-refractivity contribution in [2.75, 3.05) is 26.3 Å². The molecular weight excluding hydrogens is 158 g/mol. The van der Waals surface area contributed by atoms with E-state index in [0.717, 1.165) is 13.0 Å². The van der Waals surface area contributed by atoms with Crippen LogP contribution in [0.15, 0.2) is 0 Å². The normalized spacial score (nSPS) is 32.2. The number of aliphatic hydroxyl groups is 3. The zero-order valence-corrected chi connectivity index (χ0v) is 7.19. The molecule has 1 saturated heterocycles. The summed E-state index contributed by atoms with van der Waals surface area (Å²) in [6, 6.07) is 0.0286. The monoisotopic (exact) mass is 175 g/mol. The number of rotatable bonds is 3. The van der Waals surface area contributed by atoms with Crippen molar-refractivity contribution in [3.05, 3.63) is 0 Å². The maximum Gasteiger partial charge on any atom is 0.0587 e. The molecule has 1 aliphatic rings. The fourth-order valence-electron chi connectivity index (χ4n) is 1.69. The Kier molecular flexibility index (Phi) is 3.94. The van der Waals surface area contributed by atoms with Gasteiger partial charge in [0.05, 0.1) is 19.3 Å². The standard InChI is InChI=1S/C8H17NO3/c10-4-3-9-2-1-8(12)5-7(9)6-11/h7-8,10-12H,1-6H2. The van der Waals surface area contributed by atoms with Crippen LogP contribution in [0, 0.1) is 0 Å². The van der Waals surface area contributed by atoms with Crippen molar-refractivity contribution in [3.63, 3.8) is 0 Å². The van der Waals surface area contributed by atoms with E-state index in [1.54, 1.807) is 0 Å². The molecule has 1 fully saturated rings. The molecule has 0 bridgehead atoms. The van der Waals surface area contributed by atoms with Gasteiger partial charge >= 0.3 is 0 Å². The average Bonchev–Trinajstić information content (AvgIpc) is 2.08. The number of piperidine rings is 1. The van der Waals surface area contributed by atoms with Crippen LogP contribution in [0.2, 0.25) is 0 Å². The molecule has 12 heavy (non-hydrogen) atoms. The number of nitrogens with zero attached hydrogens (tertiary/aromatic N) is 1. The van der Waals surface area contributed by atoms with Crippen molar-refractivity contribution in [2.45, 2.75) is 25.0 Å². The Morgan fingerprint density at radius 3 is 2.67 bits per heavy atom. The van der Waals surface area contributed by atoms with Crippen molar-refractivity contribution in [1.29, 1.82) is 0 Å². The molecule has 0 spiro atoms. The quantitative estimate of drug-likeness (QED) is 0.504. The van der Waals surface area contributed by atoms with Gasteiger partial charge in [0.15, 0.2) is 0 Å². The summed E-state index contributed by atoms with van der Waals surface area (Å²) in [6.45, 7) is 1.55. The molecule has 0 aromatic carbocycles. The lowest BCUT2D eigenvalue weighted by Crippen LogP contribution is -2.47. The van der Waals surface area contributed by atoms with Crippen LogP contribution >= 0.6 is 0 Å². The van der Waals surface area contributed by atoms with Crippen LogP contribution in [0.5, 0.6) is 0 Å². The number of hydrogen-bond acceptors (Lipinski definition) is 4. The van der Waals surface area contributed by atoms with E-state index in [2.05, 4.69) is 0 Å². The SMILES string of the molecule is OCCN1CCC(O)CC1CO. The highest BCUT2D eigenvalue weighted by Gasteiger charge is 2.25. The highest BCUT2D eigenvalue weighted by atomic mass is 16.3. The summed E-state index contributed by atoms with van der Waals surface area (Å²) in [5.74, 6) is 0. The molecule has 3 N–H and O–H groups in total. The van der Waals surface area contributed by atoms with E-state index in [4.69, 9.17) is 10.2 Å². The minimum Gasteiger partial charge on any atom is -0.395 e. The number of hydrogen-bond donors (Lipinski definition) is 3. The molecule has 4 nitrogen and oxygen atoms in total. The Morgan fingerprint density at radius 2 is 2.08 bits per heavy atom. The molecule has 2 unspecified atom stereocenters. The lowest BCUT2D eigenvalue weighted by molar-refractivity contribution is 0.00987. The first-order chi connectivity index (χ1) is 5.77. The summed E-state index contributed by atoms with van der Waals surface area (Å²) >= 11 is 0. The van der Waals surface area contributed by atoms with Gasteiger partial charge in [0.25, 0.3) is 0 Å². The number of aliphatic hydroxyl groups excluding tert-OH is 3. The minimum absolute atomic E-state index is 0.0286. The minimum atomic E-state index is -0.280. The second-order valence-corrected chi connectivity index (χ2v) is 3.27. The van der Waals surface area contributed by atoms with E-state index < -0.39 is 0 Å². The van der Waals surface area contributed by atoms with Crippen LogP contribution < -0.4 is 0 Å². The zero-order valence-electron chi connectivity index (χ0n) is 7.19. The Labute approximate surface area is 72.4 Å². The first-order valence-corrected chi connectivity index (χ1v) is 4.41. The fraction of sp³-hybridized carbons (Fsp3) is 1.00. The zero-order chi connectivity index (χ0) is 8.97. The largest absolute Gasteiger partial charge is 0.395 e. The van der Waals surface area contributed by atoms with E-state index >= 15 is 0 Å². The summed E-state index contributed by atoms with van der Waals surface area (Å²) in [6.07, 6.45) is 1.09. The molecule has 0 aromatic rings. The fourth-order valence-corrected chi connectivity index (χ4v) is 1.69. The third-order valence-electron chi connectivity index (χ3n) is 2.41. The first-order valence-electron chi connectivity index (χ1n) is 4.41. The van der Waals surface area contributed by atoms with Crippen LogP contribution in [0.4, 0.5) is 0 Å². The van der Waals surface area contributed by atoms with Gasteiger partial charge in [-0.3, -0.25) is 4.90 Å². The molecule has 4 heteroatoms. The van der Waals surface area contributed by atoms with E-state index in [-0.39, 0.29) is 25.4 Å². The highest BCUT2D eigenvalue weighted by Crippen LogP contribution is 2.16. The summed E-state index contributed by atoms with van der Waals surface area (Å²) in [4.78, 5) is 2.02. The van der Waals surface area contributed by atoms with E-state index in [9.17, 15) is 5.11 Å². The molecule has 72 valence electrons. The maximum atomic E-state index is 9.30. The lowest BCUT2D eigenvalue weighted by atomic mass is 10.0. The molecule has 0 aromatic heterocycles. The van der Waals surface area contributed by atoms with Gasteiger partial charge in [-0.05, 0) is 12.8 Å². The van der Waals surface area contributed by atoms with Crippen molar-refractivity contribution in [1.82, 2.24) is 4.90 Å². The predicted molar refractivity (Wildman–Crippen MR) is 44.8 cm³/mol. The van der Waals surface area contributed by atoms with Gasteiger partial charge in [-0.15, -0.1) is 0 Å². The molecule has 2 atom stereocenters. The molecule has 0 amide bonds. The van der Waals surface area contributed by atoms with Crippen LogP contribution in [0.25, 0.3) is 0 Å². The maximum absolute atomic E-state index is 9.30. The van der Waals surface area contributed by atoms with Gasteiger partial charge in [0.1, 0.15) is 0 Å². The second kappa shape index (κ2) is 4.77. The van der Waals surface area contributed by atoms with Gasteiger partial charge in [-0.25, -0.2) is 0 Å². The molecule has 1 aliphatic heterocycles. The van der Waals surface area contributed by atoms with Crippen LogP contribution in [-0.4, -0.2) is 58.7 Å². The molecule has 0 radical (unpaired) electrons. The summed E-state index contributed by atoms with van der Waals surface area (Å²) < 4.78 is 0. The predicted octanol–water partition coefficient (Wildman–Crippen LogP) is -1.20. The van der Waals surface area contributed by atoms with Gasteiger partial charge in [-0.1, -0.05) is 0 Å². The Hall–Kier alpha value is -0.160. The van der Waals surface area contributed by atoms with Gasteiger partial charge in [0, 0.05) is 19.1 Å². The Balaban J connectivity index is 2.39. The van der Waals surface area contributed by atoms with Crippen LogP contribution in [-0.2, 0) is 0 Å². The van der Waals surface area contributed by atoms with Gasteiger partial charge < -0.3 is 15.3 Å². The van der Waals surface area contributed by atoms with E-state index in [1.165, 1.54) is 0 Å². The summed E-state index contributed by atoms with van der Waals surface area (Å²) in [5.41, 5.74) is 0. The summed E-state index contributed by atoms with van der Waals surface area (Å²) in [5, 5.41) is 27.0. The third kappa shape index (κ3) is 2.42. The second-order valence-electron chi connectivity index (χ2n) is 3.27. The number of likely N-dealkylation sites (tertiary alicyclic amines) is 1. The topological polar surface area (TPSA) is 63.9 Å². The van der Waals surface area contributed by atoms with Crippen LogP contribution in [0.1, 0.15) is 12.8 Å². The van der Waals surface area contributed by atoms with E-state index in [1.807, 2.05) is 4.90 Å². The molecule has 0 aliphatic carbocycles. The van der Waals surface area contributed by atoms with Crippen molar-refractivity contribution >= 4 is 0 Å².